The van der Waals surface area contributed by atoms with Crippen molar-refractivity contribution in [1.29, 1.82) is 0 Å². The van der Waals surface area contributed by atoms with Gasteiger partial charge in [0.1, 0.15) is 29.9 Å². The molecule has 0 spiro atoms. The summed E-state index contributed by atoms with van der Waals surface area (Å²) in [4.78, 5) is 56.0. The van der Waals surface area contributed by atoms with E-state index in [1.54, 1.807) is 71.6 Å². The van der Waals surface area contributed by atoms with Crippen LogP contribution in [0.5, 0.6) is 5.75 Å². The summed E-state index contributed by atoms with van der Waals surface area (Å²) in [6.07, 6.45) is 3.80. The first-order valence-electron chi connectivity index (χ1n) is 14.6. The number of nitrogens with zero attached hydrogens (tertiary/aromatic N) is 2. The fraction of sp³-hybridized carbons (Fsp3) is 0.200. The van der Waals surface area contributed by atoms with Crippen LogP contribution in [-0.2, 0) is 17.9 Å². The molecule has 0 radical (unpaired) electrons. The molecule has 3 heterocycles. The van der Waals surface area contributed by atoms with Gasteiger partial charge in [-0.1, -0.05) is 60.7 Å². The lowest BCUT2D eigenvalue weighted by atomic mass is 10.0. The number of pyridine rings is 1. The van der Waals surface area contributed by atoms with Crippen LogP contribution < -0.4 is 15.5 Å². The molecule has 4 aromatic rings. The number of amides is 2. The topological polar surface area (TPSA) is 107 Å². The highest BCUT2D eigenvalue weighted by molar-refractivity contribution is 5.99. The summed E-state index contributed by atoms with van der Waals surface area (Å²) in [5.41, 5.74) is -0.245. The minimum atomic E-state index is -0.888. The van der Waals surface area contributed by atoms with Crippen molar-refractivity contribution in [2.45, 2.75) is 38.3 Å². The summed E-state index contributed by atoms with van der Waals surface area (Å²) >= 11 is 0. The minimum Gasteiger partial charge on any atom is -0.483 e. The third kappa shape index (κ3) is 6.03. The number of halogens is 2. The smallest absolute Gasteiger partial charge is 0.338 e. The number of hydrogen-bond donors (Lipinski definition) is 1. The van der Waals surface area contributed by atoms with Gasteiger partial charge in [0.05, 0.1) is 11.6 Å². The van der Waals surface area contributed by atoms with Crippen LogP contribution in [-0.4, -0.2) is 45.9 Å². The van der Waals surface area contributed by atoms with E-state index in [2.05, 4.69) is 5.32 Å². The molecule has 9 nitrogen and oxygen atoms in total. The number of ether oxygens (including phenoxy) is 2. The average molecular weight is 626 g/mol. The van der Waals surface area contributed by atoms with Crippen LogP contribution in [0.4, 0.5) is 8.78 Å². The normalized spacial score (nSPS) is 18.4. The van der Waals surface area contributed by atoms with Gasteiger partial charge in [-0.3, -0.25) is 14.4 Å². The molecule has 0 saturated carbocycles. The van der Waals surface area contributed by atoms with Crippen molar-refractivity contribution >= 4 is 17.8 Å². The van der Waals surface area contributed by atoms with E-state index >= 15 is 0 Å². The highest BCUT2D eigenvalue weighted by Gasteiger charge is 2.42. The van der Waals surface area contributed by atoms with Gasteiger partial charge >= 0.3 is 5.97 Å². The first-order chi connectivity index (χ1) is 22.2. The fourth-order valence-corrected chi connectivity index (χ4v) is 5.55. The Hall–Kier alpha value is -5.58. The van der Waals surface area contributed by atoms with E-state index in [-0.39, 0.29) is 42.3 Å². The summed E-state index contributed by atoms with van der Waals surface area (Å²) in [6.45, 7) is 1.50. The van der Waals surface area contributed by atoms with Crippen LogP contribution in [0.25, 0.3) is 0 Å². The zero-order chi connectivity index (χ0) is 32.4. The van der Waals surface area contributed by atoms with Crippen molar-refractivity contribution in [3.05, 3.63) is 147 Å². The first-order valence-corrected chi connectivity index (χ1v) is 14.6. The van der Waals surface area contributed by atoms with Gasteiger partial charge in [0.25, 0.3) is 11.8 Å². The van der Waals surface area contributed by atoms with Gasteiger partial charge in [-0.05, 0) is 36.8 Å². The molecule has 1 aromatic heterocycles. The Labute approximate surface area is 262 Å². The molecule has 0 saturated heterocycles. The standard InChI is InChI=1S/C35H29F2N3O6/c1-21-12-15-29(46-35(44)23-10-6-3-7-11-23)28-19-39(21)34(43)30-32(45-20-22-8-4-2-5-9-22)31(41)26(18-40(28)30)33(42)38-17-24-13-14-25(36)16-27(24)37/h2-16,18,21,28-29H,17,19-20H2,1H3,(H,38,42)/t21-,28+,29+/m0/s1. The Morgan fingerprint density at radius 1 is 0.957 bits per heavy atom. The largest absolute Gasteiger partial charge is 0.483 e. The second-order valence-electron chi connectivity index (χ2n) is 11.0. The van der Waals surface area contributed by atoms with Crippen LogP contribution in [0.2, 0.25) is 0 Å². The Kier molecular flexibility index (Phi) is 8.47. The van der Waals surface area contributed by atoms with Crippen LogP contribution in [0.3, 0.4) is 0 Å². The number of carbonyl (C=O) groups is 3. The van der Waals surface area contributed by atoms with E-state index in [1.807, 2.05) is 13.0 Å². The third-order valence-corrected chi connectivity index (χ3v) is 8.02. The van der Waals surface area contributed by atoms with Crippen molar-refractivity contribution in [2.24, 2.45) is 0 Å². The number of carbonyl (C=O) groups excluding carboxylic acids is 3. The number of nitrogens with one attached hydrogen (secondary N) is 1. The second kappa shape index (κ2) is 12.8. The van der Waals surface area contributed by atoms with Gasteiger partial charge in [0.2, 0.25) is 5.43 Å². The summed E-state index contributed by atoms with van der Waals surface area (Å²) in [7, 11) is 0. The predicted molar refractivity (Wildman–Crippen MR) is 163 cm³/mol. The van der Waals surface area contributed by atoms with E-state index in [4.69, 9.17) is 9.47 Å². The van der Waals surface area contributed by atoms with E-state index < -0.39 is 53.0 Å². The highest BCUT2D eigenvalue weighted by atomic mass is 19.1. The predicted octanol–water partition coefficient (Wildman–Crippen LogP) is 4.82. The molecular weight excluding hydrogens is 596 g/mol. The quantitative estimate of drug-likeness (QED) is 0.223. The summed E-state index contributed by atoms with van der Waals surface area (Å²) < 4.78 is 41.1. The Bertz CT molecular complexity index is 1890. The van der Waals surface area contributed by atoms with Crippen LogP contribution in [0, 0.1) is 11.6 Å². The van der Waals surface area contributed by atoms with E-state index in [9.17, 15) is 28.0 Å². The Morgan fingerprint density at radius 2 is 1.67 bits per heavy atom. The molecule has 0 unspecified atom stereocenters. The molecule has 234 valence electrons. The maximum Gasteiger partial charge on any atom is 0.338 e. The molecule has 11 heteroatoms. The maximum atomic E-state index is 14.3. The zero-order valence-corrected chi connectivity index (χ0v) is 24.7. The third-order valence-electron chi connectivity index (χ3n) is 8.02. The van der Waals surface area contributed by atoms with Gasteiger partial charge in [0.15, 0.2) is 11.4 Å². The van der Waals surface area contributed by atoms with Gasteiger partial charge in [-0.25, -0.2) is 13.6 Å². The molecule has 2 aliphatic heterocycles. The molecule has 3 aromatic carbocycles. The first kappa shape index (κ1) is 30.4. The highest BCUT2D eigenvalue weighted by Crippen LogP contribution is 2.34. The second-order valence-corrected chi connectivity index (χ2v) is 11.0. The lowest BCUT2D eigenvalue weighted by Crippen LogP contribution is -2.50. The molecule has 0 fully saturated rings. The van der Waals surface area contributed by atoms with Gasteiger partial charge in [-0.2, -0.15) is 0 Å². The van der Waals surface area contributed by atoms with Crippen LogP contribution in [0.15, 0.2) is 102 Å². The van der Waals surface area contributed by atoms with Crippen molar-refractivity contribution < 1.29 is 32.6 Å². The van der Waals surface area contributed by atoms with Crippen LogP contribution in [0.1, 0.15) is 55.3 Å². The number of benzene rings is 3. The van der Waals surface area contributed by atoms with Gasteiger partial charge in [-0.15, -0.1) is 0 Å². The monoisotopic (exact) mass is 625 g/mol. The Balaban J connectivity index is 1.42. The number of esters is 1. The Morgan fingerprint density at radius 3 is 2.39 bits per heavy atom. The maximum absolute atomic E-state index is 14.3. The molecule has 2 amide bonds. The van der Waals surface area contributed by atoms with Crippen molar-refractivity contribution in [3.8, 4) is 5.75 Å². The van der Waals surface area contributed by atoms with Crippen molar-refractivity contribution in [1.82, 2.24) is 14.8 Å². The lowest BCUT2D eigenvalue weighted by Gasteiger charge is -2.39. The summed E-state index contributed by atoms with van der Waals surface area (Å²) in [6, 6.07) is 19.2. The number of aromatic nitrogens is 1. The van der Waals surface area contributed by atoms with Gasteiger partial charge < -0.3 is 24.3 Å². The molecule has 3 atom stereocenters. The molecule has 46 heavy (non-hydrogen) atoms. The molecular formula is C35H29F2N3O6. The lowest BCUT2D eigenvalue weighted by molar-refractivity contribution is 0.0207. The number of hydrogen-bond acceptors (Lipinski definition) is 6. The van der Waals surface area contributed by atoms with Gasteiger partial charge in [0, 0.05) is 37.0 Å². The fourth-order valence-electron chi connectivity index (χ4n) is 5.55. The number of rotatable bonds is 8. The molecule has 1 N–H and O–H groups in total. The molecule has 6 rings (SSSR count). The van der Waals surface area contributed by atoms with E-state index in [0.717, 1.165) is 6.07 Å². The van der Waals surface area contributed by atoms with Crippen molar-refractivity contribution in [2.75, 3.05) is 6.54 Å². The average Bonchev–Trinajstić information content (AvgIpc) is 3.20. The zero-order valence-electron chi connectivity index (χ0n) is 24.7. The van der Waals surface area contributed by atoms with E-state index in [0.29, 0.717) is 17.2 Å². The van der Waals surface area contributed by atoms with E-state index in [1.165, 1.54) is 16.8 Å². The van der Waals surface area contributed by atoms with Crippen molar-refractivity contribution in [3.63, 3.8) is 0 Å². The summed E-state index contributed by atoms with van der Waals surface area (Å²) in [5, 5.41) is 2.51. The molecule has 2 bridgehead atoms. The van der Waals surface area contributed by atoms with Crippen LogP contribution >= 0.6 is 0 Å². The minimum absolute atomic E-state index is 0.00923. The number of fused-ring (bicyclic) bond motifs is 4. The SMILES string of the molecule is C[C@H]1C=C[C@@H](OC(=O)c2ccccc2)[C@H]2CN1C(=O)c1c(OCc3ccccc3)c(=O)c(C(=O)NCc3ccc(F)cc3F)cn12. The molecule has 0 aliphatic carbocycles. The molecule has 2 aliphatic rings. The summed E-state index contributed by atoms with van der Waals surface area (Å²) in [5.74, 6) is -3.92.